The Hall–Kier alpha value is -3.12. The van der Waals surface area contributed by atoms with Gasteiger partial charge in [-0.25, -0.2) is 0 Å². The molecule has 0 heterocycles. The lowest BCUT2D eigenvalue weighted by atomic mass is 9.70. The number of hydrogen-bond donors (Lipinski definition) is 0. The summed E-state index contributed by atoms with van der Waals surface area (Å²) in [6.07, 6.45) is 0. The fourth-order valence-corrected chi connectivity index (χ4v) is 3.88. The fourth-order valence-electron chi connectivity index (χ4n) is 3.88. The predicted octanol–water partition coefficient (Wildman–Crippen LogP) is 6.03. The smallest absolute Gasteiger partial charge is 0.0619 e. The van der Waals surface area contributed by atoms with Crippen LogP contribution in [0.3, 0.4) is 0 Å². The van der Waals surface area contributed by atoms with Crippen LogP contribution in [-0.2, 0) is 5.41 Å². The van der Waals surface area contributed by atoms with E-state index in [4.69, 9.17) is 21.9 Å². The molecule has 0 radical (unpaired) electrons. The fraction of sp³-hybridized carbons (Fsp3) is 0.0400. The van der Waals surface area contributed by atoms with E-state index < -0.39 is 102 Å². The third kappa shape index (κ3) is 1.40. The SMILES string of the molecule is [2H]c1c([2H])c([2H])c2c(c1[2H])-c1c([2H])c([2H])c([2H])c([2H])c1C21c2c([2H])c([2H])c([2H])c([2H])c2-c2c([2H])c([2H])c([2H])c([2H])c21. The maximum absolute atomic E-state index is 8.96. The van der Waals surface area contributed by atoms with E-state index >= 15 is 0 Å². The topological polar surface area (TPSA) is 0 Å². The zero-order valence-electron chi connectivity index (χ0n) is 28.5. The van der Waals surface area contributed by atoms with Crippen molar-refractivity contribution in [3.8, 4) is 22.3 Å². The summed E-state index contributed by atoms with van der Waals surface area (Å²) in [4.78, 5) is 0. The van der Waals surface area contributed by atoms with Crippen molar-refractivity contribution in [1.29, 1.82) is 0 Å². The van der Waals surface area contributed by atoms with Gasteiger partial charge in [-0.3, -0.25) is 0 Å². The zero-order chi connectivity index (χ0) is 30.4. The van der Waals surface area contributed by atoms with E-state index in [0.717, 1.165) is 0 Å². The molecule has 0 aliphatic heterocycles. The molecule has 0 unspecified atom stereocenters. The molecule has 2 aliphatic carbocycles. The second-order valence-corrected chi connectivity index (χ2v) is 5.75. The summed E-state index contributed by atoms with van der Waals surface area (Å²) in [5.41, 5.74) is -5.21. The van der Waals surface area contributed by atoms with Gasteiger partial charge in [0, 0.05) is 0 Å². The van der Waals surface area contributed by atoms with Crippen LogP contribution in [0.4, 0.5) is 0 Å². The monoisotopic (exact) mass is 332 g/mol. The van der Waals surface area contributed by atoms with Crippen LogP contribution in [0.15, 0.2) is 96.7 Å². The molecule has 0 fully saturated rings. The van der Waals surface area contributed by atoms with Crippen molar-refractivity contribution < 1.29 is 21.9 Å². The molecule has 0 atom stereocenters. The molecule has 0 nitrogen and oxygen atoms in total. The molecule has 0 bridgehead atoms. The van der Waals surface area contributed by atoms with E-state index in [9.17, 15) is 0 Å². The van der Waals surface area contributed by atoms with Crippen molar-refractivity contribution in [2.75, 3.05) is 0 Å². The summed E-state index contributed by atoms with van der Waals surface area (Å²) >= 11 is 0. The van der Waals surface area contributed by atoms with Crippen LogP contribution in [0.5, 0.6) is 0 Å². The molecule has 1 spiro atoms. The molecular weight excluding hydrogens is 300 g/mol. The molecule has 116 valence electrons. The minimum Gasteiger partial charge on any atom is -0.0619 e. The first kappa shape index (κ1) is 5.19. The van der Waals surface area contributed by atoms with Crippen molar-refractivity contribution >= 4 is 0 Å². The first-order chi connectivity index (χ1) is 19.1. The third-order valence-corrected chi connectivity index (χ3v) is 4.75. The molecule has 4 aromatic rings. The Morgan fingerprint density at radius 1 is 0.400 bits per heavy atom. The Morgan fingerprint density at radius 3 is 0.920 bits per heavy atom. The van der Waals surface area contributed by atoms with Crippen LogP contribution in [0.1, 0.15) is 44.2 Å². The molecule has 25 heavy (non-hydrogen) atoms. The molecule has 2 aliphatic rings. The molecule has 0 aromatic heterocycles. The number of fused-ring (bicyclic) bond motifs is 10. The Labute approximate surface area is 169 Å². The van der Waals surface area contributed by atoms with Gasteiger partial charge in [-0.15, -0.1) is 0 Å². The van der Waals surface area contributed by atoms with Crippen LogP contribution >= 0.6 is 0 Å². The van der Waals surface area contributed by atoms with Crippen molar-refractivity contribution in [2.24, 2.45) is 0 Å². The van der Waals surface area contributed by atoms with Gasteiger partial charge in [0.2, 0.25) is 0 Å². The van der Waals surface area contributed by atoms with Crippen LogP contribution in [0.25, 0.3) is 22.3 Å². The van der Waals surface area contributed by atoms with Gasteiger partial charge in [0.15, 0.2) is 0 Å². The Kier molecular flexibility index (Phi) is 0.931. The van der Waals surface area contributed by atoms with Gasteiger partial charge in [-0.2, -0.15) is 0 Å². The quantitative estimate of drug-likeness (QED) is 0.318. The van der Waals surface area contributed by atoms with Gasteiger partial charge in [0.1, 0.15) is 0 Å². The van der Waals surface area contributed by atoms with Crippen LogP contribution in [0.2, 0.25) is 0 Å². The number of benzene rings is 4. The first-order valence-corrected chi connectivity index (χ1v) is 7.50. The van der Waals surface area contributed by atoms with Crippen molar-refractivity contribution in [3.05, 3.63) is 119 Å². The van der Waals surface area contributed by atoms with Crippen LogP contribution < -0.4 is 0 Å². The molecule has 0 N–H and O–H groups in total. The van der Waals surface area contributed by atoms with E-state index in [0.29, 0.717) is 0 Å². The van der Waals surface area contributed by atoms with Gasteiger partial charge in [0.05, 0.1) is 27.3 Å². The zero-order valence-corrected chi connectivity index (χ0v) is 12.5. The number of rotatable bonds is 0. The van der Waals surface area contributed by atoms with E-state index in [1.54, 1.807) is 0 Å². The van der Waals surface area contributed by atoms with Crippen molar-refractivity contribution in [3.63, 3.8) is 0 Å². The summed E-state index contributed by atoms with van der Waals surface area (Å²) in [5, 5.41) is 0. The third-order valence-electron chi connectivity index (χ3n) is 4.75. The largest absolute Gasteiger partial charge is 0.0725 e. The molecular formula is C25H16. The predicted molar refractivity (Wildman–Crippen MR) is 103 cm³/mol. The van der Waals surface area contributed by atoms with Gasteiger partial charge in [-0.05, 0) is 44.5 Å². The van der Waals surface area contributed by atoms with Gasteiger partial charge < -0.3 is 0 Å². The molecule has 0 saturated heterocycles. The van der Waals surface area contributed by atoms with E-state index in [1.807, 2.05) is 0 Å². The van der Waals surface area contributed by atoms with E-state index in [-0.39, 0.29) is 44.5 Å². The van der Waals surface area contributed by atoms with Gasteiger partial charge in [-0.1, -0.05) is 96.7 Å². The Balaban J connectivity index is 2.10. The summed E-state index contributed by atoms with van der Waals surface area (Å²) in [6.45, 7) is 0. The second kappa shape index (κ2) is 4.49. The lowest BCUT2D eigenvalue weighted by Crippen LogP contribution is -2.25. The summed E-state index contributed by atoms with van der Waals surface area (Å²) in [6, 6.07) is -11.4. The molecule has 0 saturated carbocycles. The van der Waals surface area contributed by atoms with Crippen molar-refractivity contribution in [1.82, 2.24) is 0 Å². The minimum atomic E-state index is -2.37. The van der Waals surface area contributed by atoms with Gasteiger partial charge >= 0.3 is 0 Å². The Bertz CT molecular complexity index is 1670. The maximum atomic E-state index is 8.96. The van der Waals surface area contributed by atoms with E-state index in [1.165, 1.54) is 0 Å². The highest BCUT2D eigenvalue weighted by atomic mass is 14.5. The summed E-state index contributed by atoms with van der Waals surface area (Å²) in [5.74, 6) is 0. The summed E-state index contributed by atoms with van der Waals surface area (Å²) in [7, 11) is 0. The molecule has 0 heteroatoms. The average Bonchev–Trinajstić information content (AvgIpc) is 3.43. The van der Waals surface area contributed by atoms with Gasteiger partial charge in [0.25, 0.3) is 0 Å². The minimum absolute atomic E-state index is 0.336. The first-order valence-electron chi connectivity index (χ1n) is 15.5. The van der Waals surface area contributed by atoms with E-state index in [2.05, 4.69) is 0 Å². The lowest BCUT2D eigenvalue weighted by Gasteiger charge is -2.30. The standard InChI is InChI=1S/C25H16/c1-5-13-21-17(9-1)18-10-2-6-14-22(18)25(21)23-15-7-3-11-19(23)20-12-4-8-16-24(20)25/h1-16H/i1D,2D,3D,4D,5D,6D,7D,8D,9D,10D,11D,12D,13D,14D,15D,16D. The summed E-state index contributed by atoms with van der Waals surface area (Å²) < 4.78 is 138. The van der Waals surface area contributed by atoms with Crippen LogP contribution in [0, 0.1) is 0 Å². The molecule has 0 amide bonds. The average molecular weight is 333 g/mol. The molecule has 6 rings (SSSR count). The maximum Gasteiger partial charge on any atom is 0.0725 e. The Morgan fingerprint density at radius 2 is 0.640 bits per heavy atom. The van der Waals surface area contributed by atoms with Crippen molar-refractivity contribution in [2.45, 2.75) is 5.41 Å². The normalized spacial score (nSPS) is 23.7. The highest BCUT2D eigenvalue weighted by molar-refractivity contribution is 5.94. The second-order valence-electron chi connectivity index (χ2n) is 5.75. The lowest BCUT2D eigenvalue weighted by molar-refractivity contribution is 0.794. The highest BCUT2D eigenvalue weighted by Crippen LogP contribution is 2.62. The number of hydrogen-bond acceptors (Lipinski definition) is 0. The molecule has 4 aromatic carbocycles. The van der Waals surface area contributed by atoms with Crippen LogP contribution in [-0.4, -0.2) is 0 Å². The highest BCUT2D eigenvalue weighted by Gasteiger charge is 2.51.